The summed E-state index contributed by atoms with van der Waals surface area (Å²) < 4.78 is 5.69. The van der Waals surface area contributed by atoms with Crippen molar-refractivity contribution in [3.05, 3.63) is 35.4 Å². The largest absolute Gasteiger partial charge is 0.374 e. The van der Waals surface area contributed by atoms with Crippen molar-refractivity contribution >= 4 is 11.8 Å². The van der Waals surface area contributed by atoms with Gasteiger partial charge in [-0.25, -0.2) is 0 Å². The monoisotopic (exact) mass is 274 g/mol. The minimum atomic E-state index is -0.269. The molecule has 1 aromatic carbocycles. The zero-order chi connectivity index (χ0) is 14.3. The minimum Gasteiger partial charge on any atom is -0.374 e. The van der Waals surface area contributed by atoms with Crippen LogP contribution in [-0.2, 0) is 4.74 Å². The maximum absolute atomic E-state index is 12.4. The Labute approximate surface area is 117 Å². The van der Waals surface area contributed by atoms with E-state index in [-0.39, 0.29) is 30.0 Å². The number of ether oxygens (including phenoxy) is 1. The summed E-state index contributed by atoms with van der Waals surface area (Å²) in [7, 11) is 0. The summed E-state index contributed by atoms with van der Waals surface area (Å²) >= 11 is 0. The normalized spacial score (nSPS) is 27.6. The molecule has 0 bridgehead atoms. The molecule has 0 aromatic heterocycles. The number of carbonyl (C=O) groups is 2. The van der Waals surface area contributed by atoms with Gasteiger partial charge in [0.05, 0.1) is 29.9 Å². The van der Waals surface area contributed by atoms with Crippen molar-refractivity contribution < 1.29 is 14.3 Å². The first-order valence-electron chi connectivity index (χ1n) is 6.93. The summed E-state index contributed by atoms with van der Waals surface area (Å²) in [6.07, 6.45) is 1.51. The predicted molar refractivity (Wildman–Crippen MR) is 73.4 cm³/mol. The first kappa shape index (κ1) is 13.3. The lowest BCUT2D eigenvalue weighted by Crippen LogP contribution is -2.49. The average Bonchev–Trinajstić information content (AvgIpc) is 2.72. The lowest BCUT2D eigenvalue weighted by atomic mass is 10.00. The lowest BCUT2D eigenvalue weighted by Gasteiger charge is -2.34. The van der Waals surface area contributed by atoms with Crippen LogP contribution in [0.25, 0.3) is 0 Å². The van der Waals surface area contributed by atoms with Crippen LogP contribution in [0.2, 0.25) is 0 Å². The van der Waals surface area contributed by atoms with E-state index < -0.39 is 0 Å². The van der Waals surface area contributed by atoms with E-state index in [9.17, 15) is 9.59 Å². The fraction of sp³-hybridized carbons (Fsp3) is 0.467. The summed E-state index contributed by atoms with van der Waals surface area (Å²) in [4.78, 5) is 26.1. The second-order valence-electron chi connectivity index (χ2n) is 5.48. The van der Waals surface area contributed by atoms with Gasteiger partial charge in [0.25, 0.3) is 11.8 Å². The molecule has 2 amide bonds. The molecule has 1 aromatic rings. The molecule has 1 fully saturated rings. The summed E-state index contributed by atoms with van der Waals surface area (Å²) in [5.74, 6) is -0.451. The van der Waals surface area contributed by atoms with Gasteiger partial charge in [-0.15, -0.1) is 0 Å². The van der Waals surface area contributed by atoms with Gasteiger partial charge < -0.3 is 10.5 Å². The van der Waals surface area contributed by atoms with Crippen molar-refractivity contribution in [1.82, 2.24) is 4.90 Å². The second kappa shape index (κ2) is 5.00. The maximum atomic E-state index is 12.4. The Balaban J connectivity index is 1.82. The third-order valence-corrected chi connectivity index (χ3v) is 4.12. The Bertz CT molecular complexity index is 515. The molecule has 2 heterocycles. The zero-order valence-corrected chi connectivity index (χ0v) is 11.4. The Hall–Kier alpha value is -1.72. The van der Waals surface area contributed by atoms with Gasteiger partial charge in [-0.3, -0.25) is 14.5 Å². The van der Waals surface area contributed by atoms with Crippen LogP contribution in [0.1, 0.15) is 40.5 Å². The van der Waals surface area contributed by atoms with E-state index in [1.807, 2.05) is 6.92 Å². The molecule has 3 atom stereocenters. The van der Waals surface area contributed by atoms with Crippen LogP contribution in [0.5, 0.6) is 0 Å². The third kappa shape index (κ3) is 2.03. The molecular weight excluding hydrogens is 256 g/mol. The SMILES string of the molecule is C[C@@H]([C@@H]1CC[C@@H](N)CO1)N1C(=O)c2ccccc2C1=O. The molecule has 0 spiro atoms. The van der Waals surface area contributed by atoms with Gasteiger partial charge >= 0.3 is 0 Å². The van der Waals surface area contributed by atoms with Gasteiger partial charge in [-0.05, 0) is 31.9 Å². The van der Waals surface area contributed by atoms with Crippen LogP contribution in [0.4, 0.5) is 0 Å². The fourth-order valence-electron chi connectivity index (χ4n) is 2.92. The molecular formula is C15H18N2O3. The van der Waals surface area contributed by atoms with Crippen LogP contribution in [-0.4, -0.2) is 41.5 Å². The Morgan fingerprint density at radius 1 is 1.20 bits per heavy atom. The number of hydrogen-bond donors (Lipinski definition) is 1. The molecule has 5 nitrogen and oxygen atoms in total. The second-order valence-corrected chi connectivity index (χ2v) is 5.48. The van der Waals surface area contributed by atoms with Crippen molar-refractivity contribution in [3.8, 4) is 0 Å². The summed E-state index contributed by atoms with van der Waals surface area (Å²) in [6, 6.07) is 6.72. The molecule has 20 heavy (non-hydrogen) atoms. The molecule has 0 radical (unpaired) electrons. The van der Waals surface area contributed by atoms with Crippen molar-refractivity contribution in [2.45, 2.75) is 38.0 Å². The Kier molecular flexibility index (Phi) is 3.31. The Morgan fingerprint density at radius 3 is 2.30 bits per heavy atom. The van der Waals surface area contributed by atoms with Crippen LogP contribution in [0, 0.1) is 0 Å². The van der Waals surface area contributed by atoms with Crippen molar-refractivity contribution in [3.63, 3.8) is 0 Å². The van der Waals surface area contributed by atoms with E-state index in [1.54, 1.807) is 24.3 Å². The number of hydrogen-bond acceptors (Lipinski definition) is 4. The maximum Gasteiger partial charge on any atom is 0.261 e. The molecule has 0 aliphatic carbocycles. The number of benzene rings is 1. The smallest absolute Gasteiger partial charge is 0.261 e. The van der Waals surface area contributed by atoms with Gasteiger partial charge in [-0.2, -0.15) is 0 Å². The van der Waals surface area contributed by atoms with Gasteiger partial charge in [0.15, 0.2) is 0 Å². The molecule has 3 rings (SSSR count). The fourth-order valence-corrected chi connectivity index (χ4v) is 2.92. The molecule has 1 saturated heterocycles. The Morgan fingerprint density at radius 2 is 1.80 bits per heavy atom. The number of fused-ring (bicyclic) bond motifs is 1. The summed E-state index contributed by atoms with van der Waals surface area (Å²) in [6.45, 7) is 2.35. The van der Waals surface area contributed by atoms with Gasteiger partial charge in [0.1, 0.15) is 0 Å². The van der Waals surface area contributed by atoms with Gasteiger partial charge in [0, 0.05) is 6.04 Å². The van der Waals surface area contributed by atoms with E-state index in [4.69, 9.17) is 10.5 Å². The number of imide groups is 1. The quantitative estimate of drug-likeness (QED) is 0.822. The van der Waals surface area contributed by atoms with E-state index >= 15 is 0 Å². The topological polar surface area (TPSA) is 72.6 Å². The minimum absolute atomic E-state index is 0.0561. The van der Waals surface area contributed by atoms with Crippen LogP contribution in [0.15, 0.2) is 24.3 Å². The first-order valence-corrected chi connectivity index (χ1v) is 6.93. The van der Waals surface area contributed by atoms with Crippen LogP contribution < -0.4 is 5.73 Å². The predicted octanol–water partition coefficient (Wildman–Crippen LogP) is 1.18. The van der Waals surface area contributed by atoms with Crippen molar-refractivity contribution in [2.24, 2.45) is 5.73 Å². The molecule has 2 N–H and O–H groups in total. The highest BCUT2D eigenvalue weighted by molar-refractivity contribution is 6.21. The van der Waals surface area contributed by atoms with Gasteiger partial charge in [-0.1, -0.05) is 12.1 Å². The van der Waals surface area contributed by atoms with E-state index in [1.165, 1.54) is 4.90 Å². The van der Waals surface area contributed by atoms with Crippen LogP contribution in [0.3, 0.4) is 0 Å². The third-order valence-electron chi connectivity index (χ3n) is 4.12. The van der Waals surface area contributed by atoms with E-state index in [0.29, 0.717) is 17.7 Å². The summed E-state index contributed by atoms with van der Waals surface area (Å²) in [5, 5.41) is 0. The first-order chi connectivity index (χ1) is 9.59. The van der Waals surface area contributed by atoms with E-state index in [2.05, 4.69) is 0 Å². The highest BCUT2D eigenvalue weighted by atomic mass is 16.5. The number of nitrogens with two attached hydrogens (primary N) is 1. The van der Waals surface area contributed by atoms with E-state index in [0.717, 1.165) is 12.8 Å². The molecule has 0 saturated carbocycles. The van der Waals surface area contributed by atoms with Gasteiger partial charge in [0.2, 0.25) is 0 Å². The number of amides is 2. The molecule has 2 aliphatic heterocycles. The highest BCUT2D eigenvalue weighted by Gasteiger charge is 2.41. The average molecular weight is 274 g/mol. The number of rotatable bonds is 2. The van der Waals surface area contributed by atoms with Crippen LogP contribution >= 0.6 is 0 Å². The van der Waals surface area contributed by atoms with Crippen molar-refractivity contribution in [2.75, 3.05) is 6.61 Å². The molecule has 0 unspecified atom stereocenters. The molecule has 2 aliphatic rings. The summed E-state index contributed by atoms with van der Waals surface area (Å²) in [5.41, 5.74) is 6.77. The molecule has 5 heteroatoms. The number of nitrogens with zero attached hydrogens (tertiary/aromatic N) is 1. The zero-order valence-electron chi connectivity index (χ0n) is 11.4. The number of carbonyl (C=O) groups excluding carboxylic acids is 2. The lowest BCUT2D eigenvalue weighted by molar-refractivity contribution is -0.0329. The highest BCUT2D eigenvalue weighted by Crippen LogP contribution is 2.28. The molecule has 106 valence electrons. The van der Waals surface area contributed by atoms with Crippen molar-refractivity contribution in [1.29, 1.82) is 0 Å². The standard InChI is InChI=1S/C15H18N2O3/c1-9(13-7-6-10(16)8-20-13)17-14(18)11-4-2-3-5-12(11)15(17)19/h2-5,9-10,13H,6-8,16H2,1H3/t9-,10+,13-/m0/s1.